The zero-order valence-electron chi connectivity index (χ0n) is 11.7. The minimum Gasteiger partial charge on any atom is -0.382 e. The van der Waals surface area contributed by atoms with Gasteiger partial charge in [0, 0.05) is 23.1 Å². The summed E-state index contributed by atoms with van der Waals surface area (Å²) in [5.41, 5.74) is -3.21. The van der Waals surface area contributed by atoms with Crippen LogP contribution in [0.2, 0.25) is 0 Å². The number of rotatable bonds is 1. The third-order valence-electron chi connectivity index (χ3n) is 3.88. The molecule has 0 spiro atoms. The van der Waals surface area contributed by atoms with Crippen molar-refractivity contribution in [3.05, 3.63) is 52.6 Å². The second-order valence-electron chi connectivity index (χ2n) is 5.39. The predicted molar refractivity (Wildman–Crippen MR) is 69.1 cm³/mol. The number of aliphatic hydroxyl groups excluding tert-OH is 1. The van der Waals surface area contributed by atoms with Crippen molar-refractivity contribution in [2.45, 2.75) is 24.6 Å². The summed E-state index contributed by atoms with van der Waals surface area (Å²) < 4.78 is 80.9. The van der Waals surface area contributed by atoms with Crippen LogP contribution in [0.15, 0.2) is 24.4 Å². The van der Waals surface area contributed by atoms with Crippen LogP contribution in [0.1, 0.15) is 28.5 Å². The molecule has 1 heterocycles. The summed E-state index contributed by atoms with van der Waals surface area (Å²) in [6.45, 7) is 0. The van der Waals surface area contributed by atoms with Crippen LogP contribution < -0.4 is 0 Å². The largest absolute Gasteiger partial charge is 0.418 e. The third-order valence-corrected chi connectivity index (χ3v) is 3.88. The van der Waals surface area contributed by atoms with Gasteiger partial charge >= 0.3 is 6.18 Å². The molecular weight excluding hydrogens is 338 g/mol. The van der Waals surface area contributed by atoms with E-state index in [1.54, 1.807) is 0 Å². The van der Waals surface area contributed by atoms with E-state index < -0.39 is 52.8 Å². The first-order valence-electron chi connectivity index (χ1n) is 6.63. The van der Waals surface area contributed by atoms with E-state index in [1.807, 2.05) is 0 Å². The number of nitriles is 1. The zero-order chi connectivity index (χ0) is 17.9. The summed E-state index contributed by atoms with van der Waals surface area (Å²) in [5.74, 6) is -4.63. The molecule has 9 heteroatoms. The number of benzene rings is 1. The highest BCUT2D eigenvalue weighted by atomic mass is 19.4. The molecule has 0 fully saturated rings. The van der Waals surface area contributed by atoms with Crippen LogP contribution in [0.3, 0.4) is 0 Å². The van der Waals surface area contributed by atoms with Crippen molar-refractivity contribution in [3.63, 3.8) is 0 Å². The maximum Gasteiger partial charge on any atom is 0.418 e. The number of fused-ring (bicyclic) bond motifs is 1. The van der Waals surface area contributed by atoms with Gasteiger partial charge in [-0.25, -0.2) is 13.2 Å². The molecule has 0 unspecified atom stereocenters. The molecule has 0 bridgehead atoms. The second kappa shape index (κ2) is 5.01. The SMILES string of the molecule is N#Cc1cc(-n2cc(C(F)(F)F)c3c2CC(F)(F)[C@H]3O)ccc1F. The lowest BCUT2D eigenvalue weighted by atomic mass is 10.1. The Morgan fingerprint density at radius 2 is 1.96 bits per heavy atom. The quantitative estimate of drug-likeness (QED) is 0.800. The van der Waals surface area contributed by atoms with E-state index in [0.717, 1.165) is 22.8 Å². The maximum atomic E-state index is 13.7. The fraction of sp³-hybridized carbons (Fsp3) is 0.267. The lowest BCUT2D eigenvalue weighted by Crippen LogP contribution is -2.23. The van der Waals surface area contributed by atoms with E-state index >= 15 is 0 Å². The summed E-state index contributed by atoms with van der Waals surface area (Å²) in [6, 6.07) is 4.41. The summed E-state index contributed by atoms with van der Waals surface area (Å²) in [7, 11) is 0. The Kier molecular flexibility index (Phi) is 3.42. The minimum atomic E-state index is -4.95. The maximum absolute atomic E-state index is 13.7. The first-order chi connectivity index (χ1) is 11.1. The lowest BCUT2D eigenvalue weighted by Gasteiger charge is -2.16. The average molecular weight is 346 g/mol. The first kappa shape index (κ1) is 16.4. The number of alkyl halides is 5. The normalized spacial score (nSPS) is 19.2. The summed E-state index contributed by atoms with van der Waals surface area (Å²) in [4.78, 5) is 0. The fourth-order valence-electron chi connectivity index (χ4n) is 2.78. The van der Waals surface area contributed by atoms with Gasteiger partial charge in [0.25, 0.3) is 5.92 Å². The van der Waals surface area contributed by atoms with Gasteiger partial charge in [0.05, 0.1) is 17.5 Å². The van der Waals surface area contributed by atoms with E-state index in [2.05, 4.69) is 0 Å². The van der Waals surface area contributed by atoms with Crippen molar-refractivity contribution >= 4 is 0 Å². The Bertz CT molecular complexity index is 862. The highest BCUT2D eigenvalue weighted by molar-refractivity contribution is 5.50. The standard InChI is InChI=1S/C15H8F6N2O/c16-10-2-1-8(3-7(10)5-22)23-6-9(15(19,20)21)12-11(23)4-14(17,18)13(12)24/h1-3,6,13,24H,4H2/t13-/m0/s1. The van der Waals surface area contributed by atoms with E-state index in [1.165, 1.54) is 6.07 Å². The molecular formula is C15H8F6N2O. The second-order valence-corrected chi connectivity index (χ2v) is 5.39. The van der Waals surface area contributed by atoms with Gasteiger partial charge in [0.15, 0.2) is 0 Å². The molecule has 3 nitrogen and oxygen atoms in total. The van der Waals surface area contributed by atoms with E-state index in [-0.39, 0.29) is 5.69 Å². The van der Waals surface area contributed by atoms with Crippen molar-refractivity contribution in [1.82, 2.24) is 4.57 Å². The van der Waals surface area contributed by atoms with Crippen LogP contribution in [0.25, 0.3) is 5.69 Å². The smallest absolute Gasteiger partial charge is 0.382 e. The molecule has 1 aromatic heterocycles. The zero-order valence-corrected chi connectivity index (χ0v) is 11.7. The Morgan fingerprint density at radius 1 is 1.29 bits per heavy atom. The number of halogens is 6. The molecule has 0 amide bonds. The number of nitrogens with zero attached hydrogens (tertiary/aromatic N) is 2. The highest BCUT2D eigenvalue weighted by Gasteiger charge is 2.53. The molecule has 0 saturated heterocycles. The van der Waals surface area contributed by atoms with Gasteiger partial charge < -0.3 is 9.67 Å². The molecule has 1 aromatic carbocycles. The van der Waals surface area contributed by atoms with Crippen molar-refractivity contribution in [1.29, 1.82) is 5.26 Å². The summed E-state index contributed by atoms with van der Waals surface area (Å²) in [5, 5.41) is 18.4. The molecule has 126 valence electrons. The Morgan fingerprint density at radius 3 is 2.54 bits per heavy atom. The predicted octanol–water partition coefficient (Wildman–Crippen LogP) is 3.73. The van der Waals surface area contributed by atoms with Gasteiger partial charge in [0.2, 0.25) is 0 Å². The number of hydrogen-bond donors (Lipinski definition) is 1. The number of aliphatic hydroxyl groups is 1. The van der Waals surface area contributed by atoms with Gasteiger partial charge in [-0.3, -0.25) is 0 Å². The van der Waals surface area contributed by atoms with E-state index in [9.17, 15) is 31.4 Å². The molecule has 1 aliphatic carbocycles. The van der Waals surface area contributed by atoms with Crippen LogP contribution >= 0.6 is 0 Å². The summed E-state index contributed by atoms with van der Waals surface area (Å²) in [6.07, 6.45) is -8.06. The molecule has 2 aromatic rings. The molecule has 1 N–H and O–H groups in total. The minimum absolute atomic E-state index is 0.0791. The van der Waals surface area contributed by atoms with Crippen LogP contribution in [-0.2, 0) is 12.6 Å². The van der Waals surface area contributed by atoms with Crippen molar-refractivity contribution in [3.8, 4) is 11.8 Å². The topological polar surface area (TPSA) is 49.0 Å². The van der Waals surface area contributed by atoms with Gasteiger partial charge in [-0.15, -0.1) is 0 Å². The van der Waals surface area contributed by atoms with E-state index in [0.29, 0.717) is 6.20 Å². The van der Waals surface area contributed by atoms with Gasteiger partial charge in [0.1, 0.15) is 18.0 Å². The molecule has 0 aliphatic heterocycles. The molecule has 0 radical (unpaired) electrons. The Labute approximate surface area is 131 Å². The van der Waals surface area contributed by atoms with Crippen molar-refractivity contribution in [2.75, 3.05) is 0 Å². The van der Waals surface area contributed by atoms with Crippen molar-refractivity contribution in [2.24, 2.45) is 0 Å². The van der Waals surface area contributed by atoms with Crippen LogP contribution in [-0.4, -0.2) is 15.6 Å². The molecule has 0 saturated carbocycles. The molecule has 24 heavy (non-hydrogen) atoms. The first-order valence-corrected chi connectivity index (χ1v) is 6.63. The molecule has 1 atom stereocenters. The van der Waals surface area contributed by atoms with Crippen molar-refractivity contribution < 1.29 is 31.4 Å². The molecule has 1 aliphatic rings. The number of aromatic nitrogens is 1. The third kappa shape index (κ3) is 2.34. The van der Waals surface area contributed by atoms with Gasteiger partial charge in [-0.05, 0) is 18.2 Å². The van der Waals surface area contributed by atoms with Gasteiger partial charge in [-0.2, -0.15) is 18.4 Å². The molecule has 3 rings (SSSR count). The van der Waals surface area contributed by atoms with E-state index in [4.69, 9.17) is 5.26 Å². The number of hydrogen-bond acceptors (Lipinski definition) is 2. The Hall–Kier alpha value is -2.47. The lowest BCUT2D eigenvalue weighted by molar-refractivity contribution is -0.142. The highest BCUT2D eigenvalue weighted by Crippen LogP contribution is 2.49. The van der Waals surface area contributed by atoms with Crippen LogP contribution in [0.5, 0.6) is 0 Å². The van der Waals surface area contributed by atoms with Crippen LogP contribution in [0, 0.1) is 17.1 Å². The van der Waals surface area contributed by atoms with Gasteiger partial charge in [-0.1, -0.05) is 0 Å². The Balaban J connectivity index is 2.26. The summed E-state index contributed by atoms with van der Waals surface area (Å²) >= 11 is 0. The van der Waals surface area contributed by atoms with Crippen LogP contribution in [0.4, 0.5) is 26.3 Å². The monoisotopic (exact) mass is 346 g/mol. The average Bonchev–Trinajstić information content (AvgIpc) is 2.95. The fourth-order valence-corrected chi connectivity index (χ4v) is 2.78.